The van der Waals surface area contributed by atoms with E-state index in [0.29, 0.717) is 18.0 Å². The summed E-state index contributed by atoms with van der Waals surface area (Å²) in [4.78, 5) is 26.9. The lowest BCUT2D eigenvalue weighted by atomic mass is 9.96. The van der Waals surface area contributed by atoms with Crippen molar-refractivity contribution in [2.24, 2.45) is 11.8 Å². The lowest BCUT2D eigenvalue weighted by molar-refractivity contribution is -0.126. The molecule has 25 heavy (non-hydrogen) atoms. The first-order valence-corrected chi connectivity index (χ1v) is 9.48. The highest BCUT2D eigenvalue weighted by molar-refractivity contribution is 5.94. The third-order valence-corrected chi connectivity index (χ3v) is 5.39. The average molecular weight is 343 g/mol. The third-order valence-electron chi connectivity index (χ3n) is 5.39. The Hall–Kier alpha value is -1.88. The van der Waals surface area contributed by atoms with Gasteiger partial charge in [-0.25, -0.2) is 0 Å². The molecule has 5 heteroatoms. The first-order valence-electron chi connectivity index (χ1n) is 9.48. The topological polar surface area (TPSA) is 61.4 Å². The Balaban J connectivity index is 1.48. The Morgan fingerprint density at radius 2 is 2.04 bits per heavy atom. The molecule has 2 heterocycles. The van der Waals surface area contributed by atoms with Crippen LogP contribution in [0.4, 0.5) is 0 Å². The summed E-state index contributed by atoms with van der Waals surface area (Å²) in [6.45, 7) is 6.19. The minimum absolute atomic E-state index is 0.0366. The maximum absolute atomic E-state index is 12.7. The van der Waals surface area contributed by atoms with E-state index in [-0.39, 0.29) is 17.7 Å². The van der Waals surface area contributed by atoms with Gasteiger partial charge in [-0.1, -0.05) is 17.7 Å². The zero-order valence-electron chi connectivity index (χ0n) is 15.1. The first-order chi connectivity index (χ1) is 12.1. The molecule has 2 aliphatic rings. The molecule has 0 spiro atoms. The molecule has 0 saturated carbocycles. The Morgan fingerprint density at radius 3 is 2.76 bits per heavy atom. The summed E-state index contributed by atoms with van der Waals surface area (Å²) in [5.74, 6) is 0.748. The second-order valence-corrected chi connectivity index (χ2v) is 7.39. The molecule has 0 aliphatic carbocycles. The van der Waals surface area contributed by atoms with E-state index in [1.165, 1.54) is 6.42 Å². The molecule has 2 atom stereocenters. The zero-order chi connectivity index (χ0) is 17.6. The van der Waals surface area contributed by atoms with Crippen molar-refractivity contribution in [1.82, 2.24) is 15.5 Å². The molecule has 2 unspecified atom stereocenters. The molecule has 5 nitrogen and oxygen atoms in total. The molecule has 2 amide bonds. The molecule has 2 saturated heterocycles. The van der Waals surface area contributed by atoms with Gasteiger partial charge in [0, 0.05) is 25.2 Å². The molecular formula is C20H29N3O2. The van der Waals surface area contributed by atoms with Crippen LogP contribution in [0.2, 0.25) is 0 Å². The van der Waals surface area contributed by atoms with Gasteiger partial charge < -0.3 is 15.5 Å². The number of amides is 2. The van der Waals surface area contributed by atoms with Gasteiger partial charge >= 0.3 is 0 Å². The van der Waals surface area contributed by atoms with Gasteiger partial charge in [0.05, 0.1) is 5.92 Å². The number of carbonyl (C=O) groups is 2. The second-order valence-electron chi connectivity index (χ2n) is 7.39. The molecule has 2 aliphatic heterocycles. The number of hydrogen-bond acceptors (Lipinski definition) is 3. The predicted octanol–water partition coefficient (Wildman–Crippen LogP) is 1.96. The maximum Gasteiger partial charge on any atom is 0.253 e. The Labute approximate surface area is 150 Å². The van der Waals surface area contributed by atoms with Crippen molar-refractivity contribution in [2.75, 3.05) is 32.7 Å². The summed E-state index contributed by atoms with van der Waals surface area (Å²) in [6, 6.07) is 7.66. The summed E-state index contributed by atoms with van der Waals surface area (Å²) in [6.07, 6.45) is 4.01. The number of likely N-dealkylation sites (tertiary alicyclic amines) is 1. The van der Waals surface area contributed by atoms with E-state index >= 15 is 0 Å². The van der Waals surface area contributed by atoms with Crippen molar-refractivity contribution in [3.63, 3.8) is 0 Å². The molecular weight excluding hydrogens is 314 g/mol. The highest BCUT2D eigenvalue weighted by Gasteiger charge is 2.28. The number of aryl methyl sites for hydroxylation is 1. The number of rotatable bonds is 5. The van der Waals surface area contributed by atoms with Gasteiger partial charge in [-0.15, -0.1) is 0 Å². The van der Waals surface area contributed by atoms with Crippen molar-refractivity contribution < 1.29 is 9.59 Å². The lowest BCUT2D eigenvalue weighted by Crippen LogP contribution is -2.45. The fourth-order valence-electron chi connectivity index (χ4n) is 3.76. The summed E-state index contributed by atoms with van der Waals surface area (Å²) in [5.41, 5.74) is 1.85. The molecule has 1 aromatic rings. The van der Waals surface area contributed by atoms with Crippen LogP contribution in [0.3, 0.4) is 0 Å². The first kappa shape index (κ1) is 17.9. The van der Waals surface area contributed by atoms with E-state index in [9.17, 15) is 9.59 Å². The number of nitrogens with zero attached hydrogens (tertiary/aromatic N) is 1. The van der Waals surface area contributed by atoms with E-state index in [4.69, 9.17) is 0 Å². The fraction of sp³-hybridized carbons (Fsp3) is 0.600. The van der Waals surface area contributed by atoms with Gasteiger partial charge in [0.1, 0.15) is 0 Å². The summed E-state index contributed by atoms with van der Waals surface area (Å²) < 4.78 is 0. The predicted molar refractivity (Wildman–Crippen MR) is 98.4 cm³/mol. The number of carbonyl (C=O) groups excluding carboxylic acids is 2. The van der Waals surface area contributed by atoms with Gasteiger partial charge in [0.25, 0.3) is 5.91 Å². The molecule has 3 rings (SSSR count). The maximum atomic E-state index is 12.7. The van der Waals surface area contributed by atoms with Crippen LogP contribution in [-0.4, -0.2) is 49.4 Å². The molecule has 1 aromatic carbocycles. The van der Waals surface area contributed by atoms with Crippen molar-refractivity contribution >= 4 is 11.8 Å². The van der Waals surface area contributed by atoms with Gasteiger partial charge in [0.2, 0.25) is 5.91 Å². The Bertz CT molecular complexity index is 593. The molecule has 136 valence electrons. The van der Waals surface area contributed by atoms with Crippen LogP contribution in [0.1, 0.15) is 41.6 Å². The summed E-state index contributed by atoms with van der Waals surface area (Å²) >= 11 is 0. The molecule has 2 N–H and O–H groups in total. The zero-order valence-corrected chi connectivity index (χ0v) is 15.1. The average Bonchev–Trinajstić information content (AvgIpc) is 3.15. The van der Waals surface area contributed by atoms with Crippen LogP contribution < -0.4 is 10.6 Å². The smallest absolute Gasteiger partial charge is 0.253 e. The van der Waals surface area contributed by atoms with Crippen LogP contribution in [0.5, 0.6) is 0 Å². The normalized spacial score (nSPS) is 23.5. The molecule has 2 fully saturated rings. The SMILES string of the molecule is Cc1ccc(C(=O)N2CCCC(C(=O)NCCC3CCNC3)C2)cc1. The monoisotopic (exact) mass is 343 g/mol. The summed E-state index contributed by atoms with van der Waals surface area (Å²) in [7, 11) is 0. The molecule has 0 radical (unpaired) electrons. The third kappa shape index (κ3) is 4.82. The molecule has 0 aromatic heterocycles. The number of hydrogen-bond donors (Lipinski definition) is 2. The highest BCUT2D eigenvalue weighted by Crippen LogP contribution is 2.19. The number of nitrogens with one attached hydrogen (secondary N) is 2. The van der Waals surface area contributed by atoms with Crippen LogP contribution in [0.25, 0.3) is 0 Å². The highest BCUT2D eigenvalue weighted by atomic mass is 16.2. The van der Waals surface area contributed by atoms with Gasteiger partial charge in [-0.05, 0) is 63.7 Å². The number of benzene rings is 1. The van der Waals surface area contributed by atoms with Crippen molar-refractivity contribution in [1.29, 1.82) is 0 Å². The minimum atomic E-state index is -0.0788. The molecule has 0 bridgehead atoms. The van der Waals surface area contributed by atoms with Crippen LogP contribution in [0.15, 0.2) is 24.3 Å². The van der Waals surface area contributed by atoms with Crippen LogP contribution in [0, 0.1) is 18.8 Å². The van der Waals surface area contributed by atoms with Gasteiger partial charge in [0.15, 0.2) is 0 Å². The standard InChI is InChI=1S/C20H29N3O2/c1-15-4-6-17(7-5-15)20(25)23-12-2-3-18(14-23)19(24)22-11-9-16-8-10-21-13-16/h4-7,16,18,21H,2-3,8-14H2,1H3,(H,22,24). The largest absolute Gasteiger partial charge is 0.356 e. The minimum Gasteiger partial charge on any atom is -0.356 e. The van der Waals surface area contributed by atoms with Crippen molar-refractivity contribution in [2.45, 2.75) is 32.6 Å². The van der Waals surface area contributed by atoms with Crippen molar-refractivity contribution in [3.8, 4) is 0 Å². The van der Waals surface area contributed by atoms with E-state index < -0.39 is 0 Å². The fourth-order valence-corrected chi connectivity index (χ4v) is 3.76. The Morgan fingerprint density at radius 1 is 1.24 bits per heavy atom. The van der Waals surface area contributed by atoms with E-state index in [1.54, 1.807) is 0 Å². The van der Waals surface area contributed by atoms with Crippen LogP contribution in [-0.2, 0) is 4.79 Å². The quantitative estimate of drug-likeness (QED) is 0.859. The van der Waals surface area contributed by atoms with Gasteiger partial charge in [-0.3, -0.25) is 9.59 Å². The second kappa shape index (κ2) is 8.48. The van der Waals surface area contributed by atoms with E-state index in [2.05, 4.69) is 10.6 Å². The Kier molecular flexibility index (Phi) is 6.08. The lowest BCUT2D eigenvalue weighted by Gasteiger charge is -2.32. The van der Waals surface area contributed by atoms with E-state index in [1.807, 2.05) is 36.1 Å². The number of piperidine rings is 1. The van der Waals surface area contributed by atoms with Crippen molar-refractivity contribution in [3.05, 3.63) is 35.4 Å². The van der Waals surface area contributed by atoms with E-state index in [0.717, 1.165) is 51.0 Å². The van der Waals surface area contributed by atoms with Gasteiger partial charge in [-0.2, -0.15) is 0 Å². The van der Waals surface area contributed by atoms with Crippen LogP contribution >= 0.6 is 0 Å². The summed E-state index contributed by atoms with van der Waals surface area (Å²) in [5, 5.41) is 6.44.